The summed E-state index contributed by atoms with van der Waals surface area (Å²) in [5, 5.41) is 2.91. The number of amides is 1. The summed E-state index contributed by atoms with van der Waals surface area (Å²) in [6.45, 7) is 4.74. The van der Waals surface area contributed by atoms with Gasteiger partial charge in [-0.25, -0.2) is 0 Å². The van der Waals surface area contributed by atoms with E-state index in [0.29, 0.717) is 11.7 Å². The summed E-state index contributed by atoms with van der Waals surface area (Å²) in [6.07, 6.45) is 1.14. The average molecular weight is 277 g/mol. The normalized spacial score (nSPS) is 23.8. The molecule has 0 saturated carbocycles. The first-order valence-corrected chi connectivity index (χ1v) is 6.99. The van der Waals surface area contributed by atoms with E-state index >= 15 is 0 Å². The van der Waals surface area contributed by atoms with Gasteiger partial charge < -0.3 is 15.8 Å². The fourth-order valence-corrected chi connectivity index (χ4v) is 2.54. The standard InChI is InChI=1S/C15H23N3O2/c1-10(18(3)14-8-9-20-11(14)2)15(19)17-13-6-4-12(16)5-7-13/h4-7,10-11,14H,8-9,16H2,1-3H3,(H,17,19). The van der Waals surface area contributed by atoms with Crippen molar-refractivity contribution >= 4 is 17.3 Å². The Bertz CT molecular complexity index is 461. The highest BCUT2D eigenvalue weighted by Crippen LogP contribution is 2.20. The molecule has 1 heterocycles. The van der Waals surface area contributed by atoms with E-state index in [4.69, 9.17) is 10.5 Å². The first kappa shape index (κ1) is 14.8. The molecule has 3 atom stereocenters. The van der Waals surface area contributed by atoms with E-state index in [-0.39, 0.29) is 18.1 Å². The number of carbonyl (C=O) groups is 1. The number of nitrogens with one attached hydrogen (secondary N) is 1. The van der Waals surface area contributed by atoms with Crippen LogP contribution in [0.5, 0.6) is 0 Å². The van der Waals surface area contributed by atoms with Crippen molar-refractivity contribution in [2.75, 3.05) is 24.7 Å². The fourth-order valence-electron chi connectivity index (χ4n) is 2.54. The van der Waals surface area contributed by atoms with Gasteiger partial charge in [-0.1, -0.05) is 0 Å². The summed E-state index contributed by atoms with van der Waals surface area (Å²) < 4.78 is 5.56. The van der Waals surface area contributed by atoms with Crippen LogP contribution in [0.3, 0.4) is 0 Å². The molecule has 110 valence electrons. The molecular formula is C15H23N3O2. The van der Waals surface area contributed by atoms with E-state index in [0.717, 1.165) is 18.7 Å². The minimum Gasteiger partial charge on any atom is -0.399 e. The lowest BCUT2D eigenvalue weighted by Crippen LogP contribution is -2.47. The molecule has 2 rings (SSSR count). The van der Waals surface area contributed by atoms with Crippen LogP contribution in [-0.2, 0) is 9.53 Å². The number of rotatable bonds is 4. The van der Waals surface area contributed by atoms with Crippen LogP contribution in [0.4, 0.5) is 11.4 Å². The number of nitrogens with two attached hydrogens (primary N) is 1. The SMILES string of the molecule is CC1OCCC1N(C)C(C)C(=O)Nc1ccc(N)cc1. The molecular weight excluding hydrogens is 254 g/mol. The number of benzene rings is 1. The zero-order chi connectivity index (χ0) is 14.7. The van der Waals surface area contributed by atoms with Gasteiger partial charge in [0, 0.05) is 24.0 Å². The smallest absolute Gasteiger partial charge is 0.241 e. The van der Waals surface area contributed by atoms with Gasteiger partial charge in [0.2, 0.25) is 5.91 Å². The van der Waals surface area contributed by atoms with E-state index in [1.54, 1.807) is 24.3 Å². The summed E-state index contributed by atoms with van der Waals surface area (Å²) in [5.74, 6) is -0.0172. The maximum Gasteiger partial charge on any atom is 0.241 e. The van der Waals surface area contributed by atoms with Gasteiger partial charge in [-0.15, -0.1) is 0 Å². The molecule has 0 radical (unpaired) electrons. The second-order valence-electron chi connectivity index (χ2n) is 5.38. The van der Waals surface area contributed by atoms with Crippen molar-refractivity contribution in [3.05, 3.63) is 24.3 Å². The lowest BCUT2D eigenvalue weighted by molar-refractivity contribution is -0.121. The second kappa shape index (κ2) is 6.24. The molecule has 5 nitrogen and oxygen atoms in total. The highest BCUT2D eigenvalue weighted by Gasteiger charge is 2.32. The maximum atomic E-state index is 12.3. The predicted molar refractivity (Wildman–Crippen MR) is 80.5 cm³/mol. The predicted octanol–water partition coefficient (Wildman–Crippen LogP) is 1.70. The van der Waals surface area contributed by atoms with Crippen LogP contribution in [0.1, 0.15) is 20.3 Å². The van der Waals surface area contributed by atoms with Gasteiger partial charge in [-0.05, 0) is 51.6 Å². The van der Waals surface area contributed by atoms with Crippen LogP contribution in [0.15, 0.2) is 24.3 Å². The number of nitrogen functional groups attached to an aromatic ring is 1. The molecule has 1 aromatic rings. The highest BCUT2D eigenvalue weighted by atomic mass is 16.5. The van der Waals surface area contributed by atoms with E-state index in [1.807, 2.05) is 14.0 Å². The summed E-state index contributed by atoms with van der Waals surface area (Å²) in [6, 6.07) is 7.25. The fraction of sp³-hybridized carbons (Fsp3) is 0.533. The molecule has 5 heteroatoms. The Kier molecular flexibility index (Phi) is 4.62. The first-order valence-electron chi connectivity index (χ1n) is 6.99. The molecule has 1 aliphatic heterocycles. The van der Waals surface area contributed by atoms with Crippen LogP contribution in [-0.4, -0.2) is 42.6 Å². The maximum absolute atomic E-state index is 12.3. The van der Waals surface area contributed by atoms with Gasteiger partial charge in [-0.2, -0.15) is 0 Å². The van der Waals surface area contributed by atoms with E-state index < -0.39 is 0 Å². The van der Waals surface area contributed by atoms with Crippen LogP contribution >= 0.6 is 0 Å². The molecule has 3 unspecified atom stereocenters. The van der Waals surface area contributed by atoms with E-state index in [2.05, 4.69) is 17.1 Å². The average Bonchev–Trinajstić information content (AvgIpc) is 2.86. The van der Waals surface area contributed by atoms with Gasteiger partial charge in [0.05, 0.1) is 12.1 Å². The molecule has 20 heavy (non-hydrogen) atoms. The summed E-state index contributed by atoms with van der Waals surface area (Å²) in [4.78, 5) is 14.4. The number of hydrogen-bond donors (Lipinski definition) is 2. The second-order valence-corrected chi connectivity index (χ2v) is 5.38. The minimum absolute atomic E-state index is 0.0172. The van der Waals surface area contributed by atoms with Crippen molar-refractivity contribution in [1.82, 2.24) is 4.90 Å². The Labute approximate surface area is 120 Å². The zero-order valence-electron chi connectivity index (χ0n) is 12.3. The van der Waals surface area contributed by atoms with Crippen LogP contribution in [0.25, 0.3) is 0 Å². The molecule has 0 bridgehead atoms. The summed E-state index contributed by atoms with van der Waals surface area (Å²) in [7, 11) is 1.98. The third kappa shape index (κ3) is 3.29. The zero-order valence-corrected chi connectivity index (χ0v) is 12.3. The first-order chi connectivity index (χ1) is 9.49. The van der Waals surface area contributed by atoms with Gasteiger partial charge >= 0.3 is 0 Å². The molecule has 1 fully saturated rings. The van der Waals surface area contributed by atoms with Crippen molar-refractivity contribution < 1.29 is 9.53 Å². The quantitative estimate of drug-likeness (QED) is 0.822. The van der Waals surface area contributed by atoms with Crippen molar-refractivity contribution in [3.8, 4) is 0 Å². The van der Waals surface area contributed by atoms with Gasteiger partial charge in [-0.3, -0.25) is 9.69 Å². The Morgan fingerprint density at radius 3 is 2.65 bits per heavy atom. The monoisotopic (exact) mass is 277 g/mol. The summed E-state index contributed by atoms with van der Waals surface area (Å²) >= 11 is 0. The highest BCUT2D eigenvalue weighted by molar-refractivity contribution is 5.94. The molecule has 0 spiro atoms. The van der Waals surface area contributed by atoms with Crippen molar-refractivity contribution in [2.24, 2.45) is 0 Å². The molecule has 0 aliphatic carbocycles. The van der Waals surface area contributed by atoms with Crippen molar-refractivity contribution in [3.63, 3.8) is 0 Å². The third-order valence-corrected chi connectivity index (χ3v) is 4.03. The topological polar surface area (TPSA) is 67.6 Å². The largest absolute Gasteiger partial charge is 0.399 e. The van der Waals surface area contributed by atoms with Gasteiger partial charge in [0.25, 0.3) is 0 Å². The molecule has 1 aliphatic rings. The number of ether oxygens (including phenoxy) is 1. The lowest BCUT2D eigenvalue weighted by Gasteiger charge is -2.31. The van der Waals surface area contributed by atoms with Gasteiger partial charge in [0.15, 0.2) is 0 Å². The number of likely N-dealkylation sites (N-methyl/N-ethyl adjacent to an activating group) is 1. The van der Waals surface area contributed by atoms with E-state index in [1.165, 1.54) is 0 Å². The Morgan fingerprint density at radius 1 is 1.45 bits per heavy atom. The molecule has 0 aromatic heterocycles. The minimum atomic E-state index is -0.207. The lowest BCUT2D eigenvalue weighted by atomic mass is 10.1. The summed E-state index contributed by atoms with van der Waals surface area (Å²) in [5.41, 5.74) is 7.08. The molecule has 1 amide bonds. The third-order valence-electron chi connectivity index (χ3n) is 4.03. The van der Waals surface area contributed by atoms with Crippen molar-refractivity contribution in [2.45, 2.75) is 38.5 Å². The number of hydrogen-bond acceptors (Lipinski definition) is 4. The molecule has 3 N–H and O–H groups in total. The van der Waals surface area contributed by atoms with Crippen molar-refractivity contribution in [1.29, 1.82) is 0 Å². The molecule has 1 saturated heterocycles. The van der Waals surface area contributed by atoms with Crippen LogP contribution in [0.2, 0.25) is 0 Å². The Morgan fingerprint density at radius 2 is 2.10 bits per heavy atom. The van der Waals surface area contributed by atoms with E-state index in [9.17, 15) is 4.79 Å². The Balaban J connectivity index is 1.95. The number of anilines is 2. The van der Waals surface area contributed by atoms with Crippen LogP contribution in [0, 0.1) is 0 Å². The number of nitrogens with zero attached hydrogens (tertiary/aromatic N) is 1. The number of carbonyl (C=O) groups excluding carboxylic acids is 1. The van der Waals surface area contributed by atoms with Gasteiger partial charge in [0.1, 0.15) is 0 Å². The molecule has 1 aromatic carbocycles. The van der Waals surface area contributed by atoms with Crippen LogP contribution < -0.4 is 11.1 Å². The Hall–Kier alpha value is -1.59.